The number of rotatable bonds is 3. The van der Waals surface area contributed by atoms with E-state index in [1.807, 2.05) is 46.2 Å². The van der Waals surface area contributed by atoms with Crippen molar-refractivity contribution in [2.45, 2.75) is 0 Å². The summed E-state index contributed by atoms with van der Waals surface area (Å²) in [6.45, 7) is 2.69. The van der Waals surface area contributed by atoms with E-state index in [4.69, 9.17) is 14.9 Å². The van der Waals surface area contributed by atoms with Crippen LogP contribution in [0.25, 0.3) is 11.0 Å². The molecule has 0 atom stereocenters. The van der Waals surface area contributed by atoms with Crippen molar-refractivity contribution in [1.82, 2.24) is 14.8 Å². The lowest BCUT2D eigenvalue weighted by atomic mass is 10.1. The first kappa shape index (κ1) is 18.9. The van der Waals surface area contributed by atoms with Crippen molar-refractivity contribution < 1.29 is 13.9 Å². The largest absolute Gasteiger partial charge is 0.464 e. The molecule has 1 fully saturated rings. The van der Waals surface area contributed by atoms with Crippen molar-refractivity contribution >= 4 is 34.6 Å². The van der Waals surface area contributed by atoms with Crippen LogP contribution < -0.4 is 5.73 Å². The molecule has 2 aromatic heterocycles. The Kier molecular flexibility index (Phi) is 4.83. The van der Waals surface area contributed by atoms with Crippen molar-refractivity contribution in [3.63, 3.8) is 0 Å². The summed E-state index contributed by atoms with van der Waals surface area (Å²) in [5.41, 5.74) is 7.69. The lowest BCUT2D eigenvalue weighted by molar-refractivity contribution is -0.130. The summed E-state index contributed by atoms with van der Waals surface area (Å²) in [6, 6.07) is 13.0. The van der Waals surface area contributed by atoms with E-state index in [1.54, 1.807) is 24.7 Å². The van der Waals surface area contributed by atoms with Crippen LogP contribution in [-0.4, -0.2) is 58.8 Å². The van der Waals surface area contributed by atoms with Crippen molar-refractivity contribution in [2.75, 3.05) is 26.2 Å². The number of aliphatic imine (C=N–C) groups is 2. The van der Waals surface area contributed by atoms with Crippen LogP contribution in [0.15, 0.2) is 81.2 Å². The zero-order valence-electron chi connectivity index (χ0n) is 16.6. The van der Waals surface area contributed by atoms with E-state index in [2.05, 4.69) is 15.0 Å². The maximum absolute atomic E-state index is 12.4. The summed E-state index contributed by atoms with van der Waals surface area (Å²) < 4.78 is 10.9. The molecule has 156 valence electrons. The monoisotopic (exact) mass is 416 g/mol. The molecule has 0 bridgehead atoms. The Labute approximate surface area is 178 Å². The second kappa shape index (κ2) is 7.94. The SMILES string of the molecule is NC(=Nc1ccccn1)N1CCN(C=C2N=C(c3cccc4ccoc34)OC2=O)CC1. The minimum absolute atomic E-state index is 0.252. The molecule has 0 unspecified atom stereocenters. The molecule has 9 nitrogen and oxygen atoms in total. The molecular formula is C22H20N6O3. The van der Waals surface area contributed by atoms with Gasteiger partial charge in [-0.05, 0) is 24.3 Å². The number of aromatic nitrogens is 1. The number of nitrogens with zero attached hydrogens (tertiary/aromatic N) is 5. The number of cyclic esters (lactones) is 1. The number of esters is 1. The molecule has 1 aromatic carbocycles. The summed E-state index contributed by atoms with van der Waals surface area (Å²) in [5.74, 6) is 0.782. The molecule has 0 spiro atoms. The molecule has 2 N–H and O–H groups in total. The van der Waals surface area contributed by atoms with Crippen LogP contribution in [0.2, 0.25) is 0 Å². The predicted molar refractivity (Wildman–Crippen MR) is 116 cm³/mol. The highest BCUT2D eigenvalue weighted by Crippen LogP contribution is 2.25. The van der Waals surface area contributed by atoms with Crippen molar-refractivity contribution in [3.05, 3.63) is 72.4 Å². The lowest BCUT2D eigenvalue weighted by Crippen LogP contribution is -2.49. The molecule has 0 aliphatic carbocycles. The molecule has 0 amide bonds. The van der Waals surface area contributed by atoms with E-state index >= 15 is 0 Å². The van der Waals surface area contributed by atoms with Gasteiger partial charge in [-0.25, -0.2) is 14.8 Å². The molecule has 0 radical (unpaired) electrons. The van der Waals surface area contributed by atoms with Gasteiger partial charge in [-0.2, -0.15) is 4.99 Å². The summed E-state index contributed by atoms with van der Waals surface area (Å²) >= 11 is 0. The van der Waals surface area contributed by atoms with E-state index in [0.29, 0.717) is 49.1 Å². The fraction of sp³-hybridized carbons (Fsp3) is 0.182. The van der Waals surface area contributed by atoms with Crippen LogP contribution in [0.5, 0.6) is 0 Å². The van der Waals surface area contributed by atoms with Gasteiger partial charge in [-0.15, -0.1) is 0 Å². The number of para-hydroxylation sites is 1. The Morgan fingerprint density at radius 2 is 1.97 bits per heavy atom. The number of pyridine rings is 1. The Morgan fingerprint density at radius 1 is 1.10 bits per heavy atom. The number of fused-ring (bicyclic) bond motifs is 1. The van der Waals surface area contributed by atoms with Crippen LogP contribution in [0.4, 0.5) is 5.82 Å². The van der Waals surface area contributed by atoms with E-state index in [1.165, 1.54) is 0 Å². The summed E-state index contributed by atoms with van der Waals surface area (Å²) in [4.78, 5) is 29.3. The number of ether oxygens (including phenoxy) is 1. The third-order valence-electron chi connectivity index (χ3n) is 5.15. The number of piperazine rings is 1. The Balaban J connectivity index is 1.28. The van der Waals surface area contributed by atoms with Gasteiger partial charge < -0.3 is 24.7 Å². The minimum atomic E-state index is -0.475. The number of hydrogen-bond donors (Lipinski definition) is 1. The summed E-state index contributed by atoms with van der Waals surface area (Å²) in [5, 5.41) is 0.926. The van der Waals surface area contributed by atoms with Crippen molar-refractivity contribution in [1.29, 1.82) is 0 Å². The third-order valence-corrected chi connectivity index (χ3v) is 5.15. The van der Waals surface area contributed by atoms with Gasteiger partial charge in [0.1, 0.15) is 5.58 Å². The highest BCUT2D eigenvalue weighted by atomic mass is 16.6. The van der Waals surface area contributed by atoms with Gasteiger partial charge >= 0.3 is 5.97 Å². The smallest absolute Gasteiger partial charge is 0.365 e. The van der Waals surface area contributed by atoms with Gasteiger partial charge in [0, 0.05) is 44.0 Å². The first-order valence-corrected chi connectivity index (χ1v) is 9.91. The number of carbonyl (C=O) groups excluding carboxylic acids is 1. The predicted octanol–water partition coefficient (Wildman–Crippen LogP) is 2.24. The number of benzene rings is 1. The van der Waals surface area contributed by atoms with Gasteiger partial charge in [-0.1, -0.05) is 18.2 Å². The van der Waals surface area contributed by atoms with Gasteiger partial charge in [0.25, 0.3) is 0 Å². The molecular weight excluding hydrogens is 396 g/mol. The first-order chi connectivity index (χ1) is 15.2. The van der Waals surface area contributed by atoms with E-state index in [0.717, 1.165) is 5.39 Å². The Hall–Kier alpha value is -4.14. The fourth-order valence-corrected chi connectivity index (χ4v) is 3.54. The average Bonchev–Trinajstić information content (AvgIpc) is 3.41. The zero-order chi connectivity index (χ0) is 21.2. The molecule has 0 saturated carbocycles. The van der Waals surface area contributed by atoms with Crippen LogP contribution in [0.1, 0.15) is 5.56 Å². The lowest BCUT2D eigenvalue weighted by Gasteiger charge is -2.34. The van der Waals surface area contributed by atoms with Crippen LogP contribution >= 0.6 is 0 Å². The highest BCUT2D eigenvalue weighted by molar-refractivity contribution is 6.15. The highest BCUT2D eigenvalue weighted by Gasteiger charge is 2.27. The van der Waals surface area contributed by atoms with Crippen LogP contribution in [0.3, 0.4) is 0 Å². The second-order valence-electron chi connectivity index (χ2n) is 7.15. The first-order valence-electron chi connectivity index (χ1n) is 9.91. The van der Waals surface area contributed by atoms with Crippen LogP contribution in [0, 0.1) is 0 Å². The quantitative estimate of drug-likeness (QED) is 0.302. The molecule has 2 aliphatic rings. The van der Waals surface area contributed by atoms with Gasteiger partial charge in [0.05, 0.1) is 11.8 Å². The number of guanidine groups is 1. The minimum Gasteiger partial charge on any atom is -0.464 e. The van der Waals surface area contributed by atoms with E-state index < -0.39 is 5.97 Å². The number of hydrogen-bond acceptors (Lipinski definition) is 7. The van der Waals surface area contributed by atoms with Gasteiger partial charge in [0.2, 0.25) is 5.90 Å². The second-order valence-corrected chi connectivity index (χ2v) is 7.15. The molecule has 4 heterocycles. The van der Waals surface area contributed by atoms with E-state index in [-0.39, 0.29) is 11.6 Å². The molecule has 5 rings (SSSR count). The standard InChI is InChI=1S/C22H20N6O3/c23-22(26-18-6-1-2-8-24-18)28-11-9-27(10-12-28)14-17-21(29)31-20(25-17)16-5-3-4-15-7-13-30-19(15)16/h1-8,13-14H,9-12H2,(H2,23,24,26). The Morgan fingerprint density at radius 3 is 2.77 bits per heavy atom. The molecule has 1 saturated heterocycles. The maximum atomic E-state index is 12.4. The topological polar surface area (TPSA) is 110 Å². The summed E-state index contributed by atoms with van der Waals surface area (Å²) in [7, 11) is 0. The number of furan rings is 1. The van der Waals surface area contributed by atoms with E-state index in [9.17, 15) is 4.79 Å². The number of nitrogens with two attached hydrogens (primary N) is 1. The number of carbonyl (C=O) groups is 1. The average molecular weight is 416 g/mol. The van der Waals surface area contributed by atoms with Crippen molar-refractivity contribution in [3.8, 4) is 0 Å². The Bertz CT molecular complexity index is 1210. The summed E-state index contributed by atoms with van der Waals surface area (Å²) in [6.07, 6.45) is 5.02. The normalized spacial score (nSPS) is 18.6. The fourth-order valence-electron chi connectivity index (χ4n) is 3.54. The third kappa shape index (κ3) is 3.85. The van der Waals surface area contributed by atoms with Crippen molar-refractivity contribution in [2.24, 2.45) is 15.7 Å². The van der Waals surface area contributed by atoms with Crippen LogP contribution in [-0.2, 0) is 9.53 Å². The van der Waals surface area contributed by atoms with Gasteiger partial charge in [-0.3, -0.25) is 0 Å². The molecule has 3 aromatic rings. The van der Waals surface area contributed by atoms with Gasteiger partial charge in [0.15, 0.2) is 17.5 Å². The molecule has 2 aliphatic heterocycles. The molecule has 9 heteroatoms. The zero-order valence-corrected chi connectivity index (χ0v) is 16.6. The maximum Gasteiger partial charge on any atom is 0.365 e. The molecule has 31 heavy (non-hydrogen) atoms.